The molecule has 0 saturated heterocycles. The quantitative estimate of drug-likeness (QED) is 0.491. The molecule has 1 amide bonds. The predicted octanol–water partition coefficient (Wildman–Crippen LogP) is 3.90. The lowest BCUT2D eigenvalue weighted by atomic mass is 9.85. The van der Waals surface area contributed by atoms with E-state index < -0.39 is 11.5 Å². The SMILES string of the molecule is O=C(N/N=C\c1ccc(Br)s1)C(O)(c1ccccc1)c1ccccc1. The smallest absolute Gasteiger partial charge is 0.281 e. The summed E-state index contributed by atoms with van der Waals surface area (Å²) >= 11 is 4.87. The topological polar surface area (TPSA) is 61.7 Å². The lowest BCUT2D eigenvalue weighted by Gasteiger charge is -2.26. The Bertz CT molecular complexity index is 839. The Labute approximate surface area is 158 Å². The summed E-state index contributed by atoms with van der Waals surface area (Å²) in [5.74, 6) is -0.614. The first kappa shape index (κ1) is 17.5. The van der Waals surface area contributed by atoms with Gasteiger partial charge in [0.1, 0.15) is 0 Å². The first-order valence-electron chi connectivity index (χ1n) is 7.53. The minimum absolute atomic E-state index is 0.479. The molecule has 3 aromatic rings. The predicted molar refractivity (Wildman–Crippen MR) is 104 cm³/mol. The molecule has 4 nitrogen and oxygen atoms in total. The highest BCUT2D eigenvalue weighted by molar-refractivity contribution is 9.11. The highest BCUT2D eigenvalue weighted by Crippen LogP contribution is 2.29. The summed E-state index contributed by atoms with van der Waals surface area (Å²) < 4.78 is 0.977. The summed E-state index contributed by atoms with van der Waals surface area (Å²) in [6.07, 6.45) is 1.55. The lowest BCUT2D eigenvalue weighted by Crippen LogP contribution is -2.43. The van der Waals surface area contributed by atoms with Crippen molar-refractivity contribution in [2.75, 3.05) is 0 Å². The first-order valence-corrected chi connectivity index (χ1v) is 9.14. The van der Waals surface area contributed by atoms with Crippen LogP contribution in [0.2, 0.25) is 0 Å². The van der Waals surface area contributed by atoms with Crippen molar-refractivity contribution in [3.05, 3.63) is 92.6 Å². The maximum atomic E-state index is 12.8. The number of rotatable bonds is 5. The van der Waals surface area contributed by atoms with Crippen LogP contribution in [-0.2, 0) is 10.4 Å². The summed E-state index contributed by atoms with van der Waals surface area (Å²) in [7, 11) is 0. The fourth-order valence-corrected chi connectivity index (χ4v) is 3.72. The molecule has 0 bridgehead atoms. The molecule has 0 spiro atoms. The van der Waals surface area contributed by atoms with Crippen molar-refractivity contribution in [1.82, 2.24) is 5.43 Å². The van der Waals surface area contributed by atoms with Crippen LogP contribution in [0.1, 0.15) is 16.0 Å². The number of aliphatic hydroxyl groups is 1. The number of halogens is 1. The van der Waals surface area contributed by atoms with Crippen LogP contribution in [0.25, 0.3) is 0 Å². The molecular weight excluding hydrogens is 400 g/mol. The normalized spacial score (nSPS) is 11.6. The first-order chi connectivity index (χ1) is 12.1. The number of hydrogen-bond donors (Lipinski definition) is 2. The molecule has 3 rings (SSSR count). The lowest BCUT2D eigenvalue weighted by molar-refractivity contribution is -0.136. The molecule has 1 aromatic heterocycles. The molecule has 0 atom stereocenters. The number of carbonyl (C=O) groups is 1. The highest BCUT2D eigenvalue weighted by Gasteiger charge is 2.39. The van der Waals surface area contributed by atoms with E-state index in [1.807, 2.05) is 24.3 Å². The number of nitrogens with zero attached hydrogens (tertiary/aromatic N) is 1. The van der Waals surface area contributed by atoms with Gasteiger partial charge < -0.3 is 5.11 Å². The highest BCUT2D eigenvalue weighted by atomic mass is 79.9. The second kappa shape index (κ2) is 7.74. The Balaban J connectivity index is 1.89. The Morgan fingerprint density at radius 3 is 2.04 bits per heavy atom. The van der Waals surface area contributed by atoms with Gasteiger partial charge in [-0.3, -0.25) is 4.79 Å². The Morgan fingerprint density at radius 2 is 1.56 bits per heavy atom. The number of hydrazone groups is 1. The van der Waals surface area contributed by atoms with Crippen LogP contribution in [0.3, 0.4) is 0 Å². The molecule has 126 valence electrons. The van der Waals surface area contributed by atoms with E-state index in [-0.39, 0.29) is 0 Å². The molecule has 6 heteroatoms. The van der Waals surface area contributed by atoms with Crippen molar-refractivity contribution in [2.45, 2.75) is 5.60 Å². The van der Waals surface area contributed by atoms with E-state index >= 15 is 0 Å². The van der Waals surface area contributed by atoms with Gasteiger partial charge in [0.25, 0.3) is 5.91 Å². The molecule has 0 aliphatic heterocycles. The van der Waals surface area contributed by atoms with Crippen molar-refractivity contribution in [3.63, 3.8) is 0 Å². The fourth-order valence-electron chi connectivity index (χ4n) is 2.42. The molecule has 0 unspecified atom stereocenters. The van der Waals surface area contributed by atoms with Crippen LogP contribution < -0.4 is 5.43 Å². The summed E-state index contributed by atoms with van der Waals surface area (Å²) in [5, 5.41) is 15.2. The van der Waals surface area contributed by atoms with E-state index in [9.17, 15) is 9.90 Å². The van der Waals surface area contributed by atoms with E-state index in [0.717, 1.165) is 8.66 Å². The van der Waals surface area contributed by atoms with Crippen LogP contribution in [0, 0.1) is 0 Å². The summed E-state index contributed by atoms with van der Waals surface area (Å²) in [6, 6.07) is 21.4. The Hall–Kier alpha value is -2.28. The number of nitrogens with one attached hydrogen (secondary N) is 1. The van der Waals surface area contributed by atoms with Crippen LogP contribution >= 0.6 is 27.3 Å². The molecule has 1 heterocycles. The van der Waals surface area contributed by atoms with Gasteiger partial charge >= 0.3 is 0 Å². The number of hydrogen-bond acceptors (Lipinski definition) is 4. The largest absolute Gasteiger partial charge is 0.372 e. The number of carbonyl (C=O) groups excluding carboxylic acids is 1. The van der Waals surface area contributed by atoms with Crippen LogP contribution in [0.15, 0.2) is 81.7 Å². The van der Waals surface area contributed by atoms with E-state index in [1.54, 1.807) is 54.7 Å². The van der Waals surface area contributed by atoms with E-state index in [1.165, 1.54) is 11.3 Å². The van der Waals surface area contributed by atoms with Crippen molar-refractivity contribution in [1.29, 1.82) is 0 Å². The molecule has 2 N–H and O–H groups in total. The number of thiophene rings is 1. The van der Waals surface area contributed by atoms with Gasteiger partial charge in [0.15, 0.2) is 5.60 Å². The fraction of sp³-hybridized carbons (Fsp3) is 0.0526. The monoisotopic (exact) mass is 414 g/mol. The van der Waals surface area contributed by atoms with E-state index in [0.29, 0.717) is 11.1 Å². The number of amides is 1. The molecule has 0 radical (unpaired) electrons. The van der Waals surface area contributed by atoms with Gasteiger partial charge in [-0.05, 0) is 39.2 Å². The van der Waals surface area contributed by atoms with Crippen LogP contribution in [-0.4, -0.2) is 17.2 Å². The minimum Gasteiger partial charge on any atom is -0.372 e. The zero-order valence-electron chi connectivity index (χ0n) is 13.1. The maximum absolute atomic E-state index is 12.8. The van der Waals surface area contributed by atoms with Crippen molar-refractivity contribution in [2.24, 2.45) is 5.10 Å². The minimum atomic E-state index is -1.82. The second-order valence-corrected chi connectivity index (χ2v) is 7.78. The zero-order valence-corrected chi connectivity index (χ0v) is 15.5. The average Bonchev–Trinajstić information content (AvgIpc) is 3.07. The van der Waals surface area contributed by atoms with Crippen molar-refractivity contribution < 1.29 is 9.90 Å². The molecule has 0 saturated carbocycles. The maximum Gasteiger partial charge on any atom is 0.281 e. The van der Waals surface area contributed by atoms with Crippen LogP contribution in [0.4, 0.5) is 0 Å². The van der Waals surface area contributed by atoms with Gasteiger partial charge in [0.2, 0.25) is 0 Å². The van der Waals surface area contributed by atoms with Gasteiger partial charge in [-0.25, -0.2) is 5.43 Å². The van der Waals surface area contributed by atoms with Crippen molar-refractivity contribution >= 4 is 39.4 Å². The molecule has 25 heavy (non-hydrogen) atoms. The summed E-state index contributed by atoms with van der Waals surface area (Å²) in [6.45, 7) is 0. The van der Waals surface area contributed by atoms with Gasteiger partial charge in [0, 0.05) is 4.88 Å². The Kier molecular flexibility index (Phi) is 5.43. The van der Waals surface area contributed by atoms with E-state index in [4.69, 9.17) is 0 Å². The van der Waals surface area contributed by atoms with E-state index in [2.05, 4.69) is 26.5 Å². The standard InChI is InChI=1S/C19H15BrN2O2S/c20-17-12-11-16(25-17)13-21-22-18(23)19(24,14-7-3-1-4-8-14)15-9-5-2-6-10-15/h1-13,24H,(H,22,23)/b21-13-. The third-order valence-electron chi connectivity index (χ3n) is 3.66. The zero-order chi connectivity index (χ0) is 17.7. The molecule has 0 fully saturated rings. The van der Waals surface area contributed by atoms with Crippen LogP contribution in [0.5, 0.6) is 0 Å². The number of benzene rings is 2. The average molecular weight is 415 g/mol. The van der Waals surface area contributed by atoms with Gasteiger partial charge in [0.05, 0.1) is 10.0 Å². The van der Waals surface area contributed by atoms with Crippen molar-refractivity contribution in [3.8, 4) is 0 Å². The Morgan fingerprint density at radius 1 is 1.00 bits per heavy atom. The summed E-state index contributed by atoms with van der Waals surface area (Å²) in [5.41, 5.74) is 1.59. The molecular formula is C19H15BrN2O2S. The molecule has 2 aromatic carbocycles. The van der Waals surface area contributed by atoms with Gasteiger partial charge in [-0.1, -0.05) is 60.7 Å². The second-order valence-electron chi connectivity index (χ2n) is 5.28. The summed E-state index contributed by atoms with van der Waals surface area (Å²) in [4.78, 5) is 13.7. The molecule has 0 aliphatic carbocycles. The third-order valence-corrected chi connectivity index (χ3v) is 5.22. The van der Waals surface area contributed by atoms with Gasteiger partial charge in [-0.2, -0.15) is 5.10 Å². The molecule has 0 aliphatic rings. The third kappa shape index (κ3) is 3.87. The van der Waals surface area contributed by atoms with Gasteiger partial charge in [-0.15, -0.1) is 11.3 Å².